The van der Waals surface area contributed by atoms with Crippen LogP contribution in [0.5, 0.6) is 0 Å². The summed E-state index contributed by atoms with van der Waals surface area (Å²) in [5, 5.41) is 8.67. The van der Waals surface area contributed by atoms with Gasteiger partial charge >= 0.3 is 0 Å². The summed E-state index contributed by atoms with van der Waals surface area (Å²) in [6.45, 7) is 7.10. The van der Waals surface area contributed by atoms with Gasteiger partial charge in [-0.25, -0.2) is 9.97 Å². The molecule has 0 saturated carbocycles. The molecule has 0 saturated heterocycles. The molecule has 0 aliphatic heterocycles. The van der Waals surface area contributed by atoms with E-state index in [0.717, 1.165) is 48.7 Å². The predicted molar refractivity (Wildman–Crippen MR) is 86.3 cm³/mol. The molecular weight excluding hydrogens is 264 g/mol. The van der Waals surface area contributed by atoms with Gasteiger partial charge in [-0.15, -0.1) is 0 Å². The summed E-state index contributed by atoms with van der Waals surface area (Å²) in [6, 6.07) is 0. The normalized spacial score (nSPS) is 11.5. The second-order valence-electron chi connectivity index (χ2n) is 5.51. The maximum absolute atomic E-state index is 4.68. The van der Waals surface area contributed by atoms with Gasteiger partial charge < -0.3 is 5.32 Å². The number of nitrogens with one attached hydrogen (secondary N) is 1. The fraction of sp³-hybridized carbons (Fsp3) is 0.667. The molecule has 0 aromatic carbocycles. The van der Waals surface area contributed by atoms with Crippen LogP contribution in [-0.4, -0.2) is 44.8 Å². The Bertz CT molecular complexity index is 577. The van der Waals surface area contributed by atoms with E-state index in [-0.39, 0.29) is 0 Å². The van der Waals surface area contributed by atoms with Crippen molar-refractivity contribution in [3.8, 4) is 0 Å². The molecule has 0 unspecified atom stereocenters. The lowest BCUT2D eigenvalue weighted by atomic mass is 10.3. The molecule has 1 N–H and O–H groups in total. The number of nitrogens with zero attached hydrogens (tertiary/aromatic N) is 5. The minimum Gasteiger partial charge on any atom is -0.369 e. The lowest BCUT2D eigenvalue weighted by molar-refractivity contribution is 0.313. The molecule has 2 heterocycles. The Morgan fingerprint density at radius 2 is 2.05 bits per heavy atom. The van der Waals surface area contributed by atoms with Crippen LogP contribution >= 0.6 is 0 Å². The van der Waals surface area contributed by atoms with E-state index in [2.05, 4.69) is 46.2 Å². The third-order valence-corrected chi connectivity index (χ3v) is 3.49. The van der Waals surface area contributed by atoms with Gasteiger partial charge in [0, 0.05) is 13.6 Å². The highest BCUT2D eigenvalue weighted by atomic mass is 15.3. The molecule has 116 valence electrons. The number of rotatable bonds is 8. The van der Waals surface area contributed by atoms with Crippen molar-refractivity contribution in [2.45, 2.75) is 39.7 Å². The zero-order chi connectivity index (χ0) is 15.2. The van der Waals surface area contributed by atoms with Crippen LogP contribution in [0.2, 0.25) is 0 Å². The molecule has 6 nitrogen and oxygen atoms in total. The zero-order valence-electron chi connectivity index (χ0n) is 13.6. The van der Waals surface area contributed by atoms with Crippen molar-refractivity contribution in [3.63, 3.8) is 0 Å². The Kier molecular flexibility index (Phi) is 5.50. The molecule has 2 aromatic rings. The standard InChI is InChI=1S/C15H26N6/c1-5-7-9-20(3)11-13-18-14(16-8-6-2)12-10-17-21(4)15(12)19-13/h10H,5-9,11H2,1-4H3,(H,16,18,19). The van der Waals surface area contributed by atoms with Gasteiger partial charge in [-0.05, 0) is 26.4 Å². The molecule has 2 aromatic heterocycles. The molecule has 0 fully saturated rings. The summed E-state index contributed by atoms with van der Waals surface area (Å²) in [5.74, 6) is 1.75. The van der Waals surface area contributed by atoms with E-state index in [4.69, 9.17) is 0 Å². The second-order valence-corrected chi connectivity index (χ2v) is 5.51. The maximum atomic E-state index is 4.68. The summed E-state index contributed by atoms with van der Waals surface area (Å²) in [5.41, 5.74) is 0.891. The van der Waals surface area contributed by atoms with Crippen molar-refractivity contribution in [1.29, 1.82) is 0 Å². The van der Waals surface area contributed by atoms with Crippen LogP contribution in [-0.2, 0) is 13.6 Å². The van der Waals surface area contributed by atoms with Crippen molar-refractivity contribution in [2.75, 3.05) is 25.5 Å². The number of hydrogen-bond donors (Lipinski definition) is 1. The Morgan fingerprint density at radius 3 is 2.76 bits per heavy atom. The first-order valence-corrected chi connectivity index (χ1v) is 7.76. The van der Waals surface area contributed by atoms with Crippen molar-refractivity contribution < 1.29 is 0 Å². The predicted octanol–water partition coefficient (Wildman–Crippen LogP) is 2.42. The average Bonchev–Trinajstić information content (AvgIpc) is 2.84. The number of hydrogen-bond acceptors (Lipinski definition) is 5. The van der Waals surface area contributed by atoms with E-state index in [1.54, 1.807) is 0 Å². The molecule has 0 aliphatic carbocycles. The molecule has 21 heavy (non-hydrogen) atoms. The summed E-state index contributed by atoms with van der Waals surface area (Å²) in [6.07, 6.45) is 5.30. The summed E-state index contributed by atoms with van der Waals surface area (Å²) in [7, 11) is 4.04. The van der Waals surface area contributed by atoms with Crippen LogP contribution in [0.3, 0.4) is 0 Å². The van der Waals surface area contributed by atoms with E-state index in [1.165, 1.54) is 12.8 Å². The first-order valence-electron chi connectivity index (χ1n) is 7.76. The van der Waals surface area contributed by atoms with E-state index >= 15 is 0 Å². The highest BCUT2D eigenvalue weighted by molar-refractivity contribution is 5.86. The lowest BCUT2D eigenvalue weighted by Gasteiger charge is -2.16. The maximum Gasteiger partial charge on any atom is 0.163 e. The zero-order valence-corrected chi connectivity index (χ0v) is 13.6. The van der Waals surface area contributed by atoms with Crippen molar-refractivity contribution in [3.05, 3.63) is 12.0 Å². The van der Waals surface area contributed by atoms with Gasteiger partial charge in [0.25, 0.3) is 0 Å². The highest BCUT2D eigenvalue weighted by Gasteiger charge is 2.12. The monoisotopic (exact) mass is 290 g/mol. The fourth-order valence-electron chi connectivity index (χ4n) is 2.26. The Hall–Kier alpha value is -1.69. The van der Waals surface area contributed by atoms with Crippen LogP contribution < -0.4 is 5.32 Å². The number of aryl methyl sites for hydroxylation is 1. The van der Waals surface area contributed by atoms with Gasteiger partial charge in [-0.1, -0.05) is 20.3 Å². The summed E-state index contributed by atoms with van der Waals surface area (Å²) >= 11 is 0. The van der Waals surface area contributed by atoms with E-state index in [0.29, 0.717) is 0 Å². The molecular formula is C15H26N6. The topological polar surface area (TPSA) is 58.9 Å². The largest absolute Gasteiger partial charge is 0.369 e. The van der Waals surface area contributed by atoms with Crippen LogP contribution in [0, 0.1) is 0 Å². The highest BCUT2D eigenvalue weighted by Crippen LogP contribution is 2.20. The average molecular weight is 290 g/mol. The molecule has 0 spiro atoms. The first-order chi connectivity index (χ1) is 10.2. The van der Waals surface area contributed by atoms with Gasteiger partial charge in [0.1, 0.15) is 11.6 Å². The molecule has 0 aliphatic rings. The van der Waals surface area contributed by atoms with Crippen molar-refractivity contribution in [1.82, 2.24) is 24.6 Å². The number of aromatic nitrogens is 4. The van der Waals surface area contributed by atoms with Gasteiger partial charge in [-0.2, -0.15) is 5.10 Å². The molecule has 0 bridgehead atoms. The minimum atomic E-state index is 0.766. The molecule has 6 heteroatoms. The van der Waals surface area contributed by atoms with E-state index in [1.807, 2.05) is 17.9 Å². The van der Waals surface area contributed by atoms with Crippen LogP contribution in [0.4, 0.5) is 5.82 Å². The third kappa shape index (κ3) is 3.91. The third-order valence-electron chi connectivity index (χ3n) is 3.49. The number of anilines is 1. The van der Waals surface area contributed by atoms with Gasteiger partial charge in [-0.3, -0.25) is 9.58 Å². The Labute approximate surface area is 126 Å². The van der Waals surface area contributed by atoms with Gasteiger partial charge in [0.2, 0.25) is 0 Å². The van der Waals surface area contributed by atoms with Gasteiger partial charge in [0.15, 0.2) is 5.65 Å². The molecule has 2 rings (SSSR count). The second kappa shape index (κ2) is 7.36. The quantitative estimate of drug-likeness (QED) is 0.809. The van der Waals surface area contributed by atoms with E-state index < -0.39 is 0 Å². The Balaban J connectivity index is 2.24. The summed E-state index contributed by atoms with van der Waals surface area (Å²) in [4.78, 5) is 11.6. The lowest BCUT2D eigenvalue weighted by Crippen LogP contribution is -2.21. The molecule has 0 radical (unpaired) electrons. The van der Waals surface area contributed by atoms with Crippen LogP contribution in [0.25, 0.3) is 11.0 Å². The smallest absolute Gasteiger partial charge is 0.163 e. The van der Waals surface area contributed by atoms with E-state index in [9.17, 15) is 0 Å². The van der Waals surface area contributed by atoms with Crippen molar-refractivity contribution in [2.24, 2.45) is 7.05 Å². The van der Waals surface area contributed by atoms with Crippen LogP contribution in [0.1, 0.15) is 38.9 Å². The first kappa shape index (κ1) is 15.7. The van der Waals surface area contributed by atoms with Crippen molar-refractivity contribution >= 4 is 16.9 Å². The minimum absolute atomic E-state index is 0.766. The van der Waals surface area contributed by atoms with Gasteiger partial charge in [0.05, 0.1) is 18.1 Å². The molecule has 0 atom stereocenters. The number of fused-ring (bicyclic) bond motifs is 1. The number of unbranched alkanes of at least 4 members (excludes halogenated alkanes) is 1. The fourth-order valence-corrected chi connectivity index (χ4v) is 2.26. The summed E-state index contributed by atoms with van der Waals surface area (Å²) < 4.78 is 1.81. The van der Waals surface area contributed by atoms with Crippen LogP contribution in [0.15, 0.2) is 6.20 Å². The Morgan fingerprint density at radius 1 is 1.24 bits per heavy atom. The SMILES string of the molecule is CCCCN(C)Cc1nc(NCCC)c2cnn(C)c2n1. The molecule has 0 amide bonds.